The first-order chi connectivity index (χ1) is 12.8. The minimum atomic E-state index is -0.257. The second kappa shape index (κ2) is 10.8. The topological polar surface area (TPSA) is 149 Å². The number of carbonyl (C=O) groups is 2. The number of thioether (sulfide) groups is 1. The number of aromatic nitrogens is 2. The summed E-state index contributed by atoms with van der Waals surface area (Å²) in [7, 11) is 3.38. The molecule has 0 atom stereocenters. The van der Waals surface area contributed by atoms with Crippen molar-refractivity contribution in [3.8, 4) is 12.1 Å². The molecule has 0 aliphatic rings. The van der Waals surface area contributed by atoms with E-state index in [-0.39, 0.29) is 28.6 Å². The van der Waals surface area contributed by atoms with E-state index in [9.17, 15) is 9.59 Å². The van der Waals surface area contributed by atoms with Gasteiger partial charge in [0, 0.05) is 19.5 Å². The zero-order valence-corrected chi connectivity index (χ0v) is 16.5. The maximum absolute atomic E-state index is 11.8. The molecule has 3 N–H and O–H groups in total. The smallest absolute Gasteiger partial charge is 0.236 e. The Kier molecular flexibility index (Phi) is 8.72. The molecule has 2 rings (SSSR count). The molecule has 0 bridgehead atoms. The number of thiazole rings is 1. The van der Waals surface area contributed by atoms with E-state index in [1.165, 1.54) is 22.3 Å². The summed E-state index contributed by atoms with van der Waals surface area (Å²) in [5.74, 6) is -0.154. The zero-order valence-electron chi connectivity index (χ0n) is 14.9. The van der Waals surface area contributed by atoms with Gasteiger partial charge >= 0.3 is 0 Å². The molecule has 0 unspecified atom stereocenters. The normalized spacial score (nSPS) is 9.22. The molecule has 2 aromatic heterocycles. The van der Waals surface area contributed by atoms with Crippen molar-refractivity contribution in [1.82, 2.24) is 14.9 Å². The molecule has 2 aromatic rings. The van der Waals surface area contributed by atoms with Crippen LogP contribution in [-0.2, 0) is 9.59 Å². The number of anilines is 2. The van der Waals surface area contributed by atoms with Crippen LogP contribution in [0.4, 0.5) is 10.9 Å². The monoisotopic (exact) mass is 403 g/mol. The van der Waals surface area contributed by atoms with Gasteiger partial charge in [-0.25, -0.2) is 9.97 Å². The Labute approximate surface area is 164 Å². The van der Waals surface area contributed by atoms with E-state index in [0.717, 1.165) is 23.9 Å². The Morgan fingerprint density at radius 1 is 1.37 bits per heavy atom. The molecular weight excluding hydrogens is 386 g/mol. The van der Waals surface area contributed by atoms with Gasteiger partial charge in [-0.3, -0.25) is 9.59 Å². The average molecular weight is 403 g/mol. The molecule has 11 heteroatoms. The largest absolute Gasteiger partial charge is 0.383 e. The second-order valence-electron chi connectivity index (χ2n) is 5.20. The molecular formula is C16H17N7O2S2. The molecule has 0 aliphatic heterocycles. The highest BCUT2D eigenvalue weighted by Gasteiger charge is 2.13. The Balaban J connectivity index is 0.000000646. The van der Waals surface area contributed by atoms with E-state index < -0.39 is 0 Å². The van der Waals surface area contributed by atoms with Crippen LogP contribution in [-0.4, -0.2) is 47.0 Å². The van der Waals surface area contributed by atoms with Crippen molar-refractivity contribution in [3.63, 3.8) is 0 Å². The zero-order chi connectivity index (χ0) is 20.4. The van der Waals surface area contributed by atoms with E-state index in [1.54, 1.807) is 14.1 Å². The number of pyridine rings is 1. The molecule has 0 saturated heterocycles. The maximum Gasteiger partial charge on any atom is 0.236 e. The van der Waals surface area contributed by atoms with Gasteiger partial charge in [0.25, 0.3) is 0 Å². The molecule has 0 aromatic carbocycles. The molecule has 0 fully saturated rings. The van der Waals surface area contributed by atoms with E-state index in [1.807, 2.05) is 24.4 Å². The van der Waals surface area contributed by atoms with Crippen molar-refractivity contribution >= 4 is 46.4 Å². The summed E-state index contributed by atoms with van der Waals surface area (Å²) in [5.41, 5.74) is 6.82. The number of amides is 2. The molecule has 140 valence electrons. The van der Waals surface area contributed by atoms with Crippen LogP contribution in [0.25, 0.3) is 0 Å². The van der Waals surface area contributed by atoms with Gasteiger partial charge in [0.2, 0.25) is 12.3 Å². The quantitative estimate of drug-likeness (QED) is 0.565. The predicted octanol–water partition coefficient (Wildman–Crippen LogP) is 1.61. The first-order valence-electron chi connectivity index (χ1n) is 7.37. The summed E-state index contributed by atoms with van der Waals surface area (Å²) < 4.78 is 0. The number of rotatable bonds is 5. The Morgan fingerprint density at radius 2 is 2.00 bits per heavy atom. The van der Waals surface area contributed by atoms with Gasteiger partial charge in [-0.15, -0.1) is 11.3 Å². The van der Waals surface area contributed by atoms with Crippen molar-refractivity contribution in [2.45, 2.75) is 11.9 Å². The molecule has 27 heavy (non-hydrogen) atoms. The lowest BCUT2D eigenvalue weighted by Crippen LogP contribution is -2.14. The van der Waals surface area contributed by atoms with Crippen molar-refractivity contribution in [3.05, 3.63) is 28.3 Å². The summed E-state index contributed by atoms with van der Waals surface area (Å²) >= 11 is 2.42. The van der Waals surface area contributed by atoms with Crippen molar-refractivity contribution < 1.29 is 9.59 Å². The number of aryl methyl sites for hydroxylation is 1. The Hall–Kier alpha value is -3.15. The van der Waals surface area contributed by atoms with Gasteiger partial charge in [-0.2, -0.15) is 10.5 Å². The summed E-state index contributed by atoms with van der Waals surface area (Å²) in [6.07, 6.45) is 0.750. The highest BCUT2D eigenvalue weighted by Crippen LogP contribution is 2.24. The van der Waals surface area contributed by atoms with E-state index in [0.29, 0.717) is 10.2 Å². The minimum absolute atomic E-state index is 0.0416. The predicted molar refractivity (Wildman–Crippen MR) is 104 cm³/mol. The number of hydrogen-bond acceptors (Lipinski definition) is 9. The maximum atomic E-state index is 11.8. The van der Waals surface area contributed by atoms with Gasteiger partial charge in [0.1, 0.15) is 23.0 Å². The minimum Gasteiger partial charge on any atom is -0.383 e. The fourth-order valence-electron chi connectivity index (χ4n) is 1.49. The van der Waals surface area contributed by atoms with Crippen molar-refractivity contribution in [1.29, 1.82) is 10.5 Å². The summed E-state index contributed by atoms with van der Waals surface area (Å²) in [6, 6.07) is 5.17. The summed E-state index contributed by atoms with van der Waals surface area (Å²) in [6.45, 7) is 1.84. The summed E-state index contributed by atoms with van der Waals surface area (Å²) in [4.78, 5) is 30.8. The number of nitrogens with one attached hydrogen (secondary N) is 1. The van der Waals surface area contributed by atoms with Gasteiger partial charge in [0.05, 0.1) is 22.6 Å². The van der Waals surface area contributed by atoms with E-state index in [2.05, 4.69) is 15.3 Å². The highest BCUT2D eigenvalue weighted by atomic mass is 32.2. The van der Waals surface area contributed by atoms with Crippen LogP contribution in [0, 0.1) is 29.6 Å². The number of nitrogens with zero attached hydrogens (tertiary/aromatic N) is 5. The van der Waals surface area contributed by atoms with Gasteiger partial charge in [-0.1, -0.05) is 11.8 Å². The van der Waals surface area contributed by atoms with Crippen LogP contribution in [0.15, 0.2) is 16.5 Å². The molecule has 0 radical (unpaired) electrons. The standard InChI is InChI=1S/C13H10N6OS2.C3H7NO/c1-7-5-22-13(17-7)18-10(20)6-21-12-9(4-15)2-8(3-14)11(16)19-12;1-4(2)3-5/h2,5H,6H2,1H3,(H2,16,19)(H,17,18,20);3H,1-2H3. The lowest BCUT2D eigenvalue weighted by atomic mass is 10.2. The number of carbonyl (C=O) groups excluding carboxylic acids is 2. The first kappa shape index (κ1) is 21.9. The van der Waals surface area contributed by atoms with E-state index >= 15 is 0 Å². The van der Waals surface area contributed by atoms with E-state index in [4.69, 9.17) is 16.3 Å². The highest BCUT2D eigenvalue weighted by molar-refractivity contribution is 8.00. The van der Waals surface area contributed by atoms with Crippen LogP contribution >= 0.6 is 23.1 Å². The number of nitrogen functional groups attached to an aromatic ring is 1. The number of nitrogens with two attached hydrogens (primary N) is 1. The fourth-order valence-corrected chi connectivity index (χ4v) is 2.96. The van der Waals surface area contributed by atoms with Gasteiger partial charge < -0.3 is 16.0 Å². The lowest BCUT2D eigenvalue weighted by Gasteiger charge is -2.05. The number of nitriles is 2. The Bertz CT molecular complexity index is 897. The SMILES string of the molecule is CN(C)C=O.Cc1csc(NC(=O)CSc2nc(N)c(C#N)cc2C#N)n1. The second-order valence-corrected chi connectivity index (χ2v) is 7.02. The lowest BCUT2D eigenvalue weighted by molar-refractivity contribution is -0.116. The van der Waals surface area contributed by atoms with Crippen LogP contribution < -0.4 is 11.1 Å². The fraction of sp³-hybridized carbons (Fsp3) is 0.250. The third-order valence-electron chi connectivity index (χ3n) is 2.67. The molecule has 0 saturated carbocycles. The number of hydrogen-bond donors (Lipinski definition) is 2. The molecule has 2 heterocycles. The van der Waals surface area contributed by atoms with Crippen LogP contribution in [0.2, 0.25) is 0 Å². The van der Waals surface area contributed by atoms with Gasteiger partial charge in [-0.05, 0) is 13.0 Å². The third kappa shape index (κ3) is 7.32. The molecule has 2 amide bonds. The molecule has 0 spiro atoms. The Morgan fingerprint density at radius 3 is 2.48 bits per heavy atom. The van der Waals surface area contributed by atoms with Crippen LogP contribution in [0.3, 0.4) is 0 Å². The average Bonchev–Trinajstić information content (AvgIpc) is 3.05. The van der Waals surface area contributed by atoms with Gasteiger partial charge in [0.15, 0.2) is 5.13 Å². The van der Waals surface area contributed by atoms with Crippen LogP contribution in [0.5, 0.6) is 0 Å². The molecule has 0 aliphatic carbocycles. The van der Waals surface area contributed by atoms with Crippen LogP contribution in [0.1, 0.15) is 16.8 Å². The summed E-state index contributed by atoms with van der Waals surface area (Å²) in [5, 5.41) is 23.3. The first-order valence-corrected chi connectivity index (χ1v) is 9.24. The van der Waals surface area contributed by atoms with Crippen molar-refractivity contribution in [2.75, 3.05) is 30.9 Å². The van der Waals surface area contributed by atoms with Crippen molar-refractivity contribution in [2.24, 2.45) is 0 Å². The molecule has 9 nitrogen and oxygen atoms in total. The third-order valence-corrected chi connectivity index (χ3v) is 4.54.